The van der Waals surface area contributed by atoms with Crippen molar-refractivity contribution < 1.29 is 4.79 Å². The van der Waals surface area contributed by atoms with Gasteiger partial charge in [0.15, 0.2) is 5.78 Å². The number of benzene rings is 1. The zero-order valence-electron chi connectivity index (χ0n) is 7.92. The minimum absolute atomic E-state index is 0.0647. The van der Waals surface area contributed by atoms with Gasteiger partial charge >= 0.3 is 0 Å². The molecule has 1 nitrogen and oxygen atoms in total. The van der Waals surface area contributed by atoms with Crippen molar-refractivity contribution in [2.75, 3.05) is 5.75 Å². The van der Waals surface area contributed by atoms with E-state index in [1.165, 1.54) is 11.8 Å². The van der Waals surface area contributed by atoms with E-state index in [0.29, 0.717) is 16.3 Å². The molecule has 0 bridgehead atoms. The molecule has 0 aliphatic heterocycles. The molecule has 3 heteroatoms. The molecular weight excluding hydrogens is 216 g/mol. The molecule has 0 aliphatic rings. The van der Waals surface area contributed by atoms with Crippen molar-refractivity contribution in [1.82, 2.24) is 0 Å². The first-order valence-corrected chi connectivity index (χ1v) is 5.53. The largest absolute Gasteiger partial charge is 0.294 e. The second-order valence-electron chi connectivity index (χ2n) is 2.92. The standard InChI is InChI=1S/C11H11ClOS/c1-8(2)10(13)7-14-11-6-4-3-5-9(11)12/h3-6H,1,7H2,2H3. The first-order valence-electron chi connectivity index (χ1n) is 4.17. The van der Waals surface area contributed by atoms with E-state index in [1.54, 1.807) is 6.92 Å². The van der Waals surface area contributed by atoms with Crippen LogP contribution in [-0.2, 0) is 4.79 Å². The summed E-state index contributed by atoms with van der Waals surface area (Å²) in [5, 5.41) is 0.687. The number of carbonyl (C=O) groups is 1. The molecular formula is C11H11ClOS. The molecule has 0 unspecified atom stereocenters. The number of rotatable bonds is 4. The van der Waals surface area contributed by atoms with Crippen molar-refractivity contribution in [3.05, 3.63) is 41.4 Å². The van der Waals surface area contributed by atoms with Crippen molar-refractivity contribution >= 4 is 29.1 Å². The maximum absolute atomic E-state index is 11.3. The average molecular weight is 227 g/mol. The van der Waals surface area contributed by atoms with Crippen molar-refractivity contribution in [2.24, 2.45) is 0 Å². The lowest BCUT2D eigenvalue weighted by atomic mass is 10.2. The molecule has 0 saturated heterocycles. The lowest BCUT2D eigenvalue weighted by molar-refractivity contribution is -0.113. The van der Waals surface area contributed by atoms with Crippen molar-refractivity contribution in [3.63, 3.8) is 0 Å². The number of hydrogen-bond acceptors (Lipinski definition) is 2. The fourth-order valence-corrected chi connectivity index (χ4v) is 2.04. The smallest absolute Gasteiger partial charge is 0.168 e. The molecule has 0 atom stereocenters. The molecule has 0 spiro atoms. The van der Waals surface area contributed by atoms with Crippen LogP contribution in [-0.4, -0.2) is 11.5 Å². The van der Waals surface area contributed by atoms with Crippen LogP contribution in [0.2, 0.25) is 5.02 Å². The van der Waals surface area contributed by atoms with Gasteiger partial charge in [0.2, 0.25) is 0 Å². The molecule has 0 heterocycles. The maximum atomic E-state index is 11.3. The summed E-state index contributed by atoms with van der Waals surface area (Å²) in [7, 11) is 0. The van der Waals surface area contributed by atoms with Gasteiger partial charge in [-0.05, 0) is 24.6 Å². The van der Waals surface area contributed by atoms with Crippen LogP contribution in [0.4, 0.5) is 0 Å². The van der Waals surface area contributed by atoms with Gasteiger partial charge in [0.25, 0.3) is 0 Å². The van der Waals surface area contributed by atoms with Crippen LogP contribution in [0.5, 0.6) is 0 Å². The Kier molecular flexibility index (Phi) is 4.23. The fraction of sp³-hybridized carbons (Fsp3) is 0.182. The predicted molar refractivity (Wildman–Crippen MR) is 62.0 cm³/mol. The highest BCUT2D eigenvalue weighted by molar-refractivity contribution is 8.00. The zero-order valence-corrected chi connectivity index (χ0v) is 9.49. The predicted octanol–water partition coefficient (Wildman–Crippen LogP) is 3.58. The number of allylic oxidation sites excluding steroid dienone is 1. The molecule has 74 valence electrons. The van der Waals surface area contributed by atoms with Gasteiger partial charge in [-0.3, -0.25) is 4.79 Å². The Morgan fingerprint density at radius 2 is 2.14 bits per heavy atom. The van der Waals surface area contributed by atoms with E-state index in [0.717, 1.165) is 4.90 Å². The second kappa shape index (κ2) is 5.23. The molecule has 0 fully saturated rings. The van der Waals surface area contributed by atoms with E-state index in [1.807, 2.05) is 24.3 Å². The first kappa shape index (κ1) is 11.3. The molecule has 0 amide bonds. The highest BCUT2D eigenvalue weighted by Gasteiger charge is 2.05. The Balaban J connectivity index is 2.58. The molecule has 1 aromatic rings. The van der Waals surface area contributed by atoms with E-state index < -0.39 is 0 Å². The number of Topliss-reactive ketones (excluding diaryl/α,β-unsaturated/α-hetero) is 1. The van der Waals surface area contributed by atoms with Crippen LogP contribution in [0.3, 0.4) is 0 Å². The number of ketones is 1. The molecule has 14 heavy (non-hydrogen) atoms. The summed E-state index contributed by atoms with van der Waals surface area (Å²) in [6, 6.07) is 7.49. The lowest BCUT2D eigenvalue weighted by Crippen LogP contribution is -2.01. The monoisotopic (exact) mass is 226 g/mol. The van der Waals surface area contributed by atoms with Gasteiger partial charge in [0.05, 0.1) is 10.8 Å². The number of thioether (sulfide) groups is 1. The third-order valence-corrected chi connectivity index (χ3v) is 3.19. The van der Waals surface area contributed by atoms with E-state index in [2.05, 4.69) is 6.58 Å². The Bertz CT molecular complexity index is 360. The van der Waals surface area contributed by atoms with Gasteiger partial charge in [-0.2, -0.15) is 0 Å². The summed E-state index contributed by atoms with van der Waals surface area (Å²) < 4.78 is 0. The Labute approximate surface area is 93.2 Å². The SMILES string of the molecule is C=C(C)C(=O)CSc1ccccc1Cl. The van der Waals surface area contributed by atoms with Gasteiger partial charge in [0, 0.05) is 4.90 Å². The van der Waals surface area contributed by atoms with Crippen molar-refractivity contribution in [1.29, 1.82) is 0 Å². The molecule has 1 rings (SSSR count). The van der Waals surface area contributed by atoms with Gasteiger partial charge in [-0.1, -0.05) is 30.3 Å². The van der Waals surface area contributed by atoms with E-state index in [9.17, 15) is 4.79 Å². The van der Waals surface area contributed by atoms with Gasteiger partial charge in [-0.15, -0.1) is 11.8 Å². The number of carbonyl (C=O) groups excluding carboxylic acids is 1. The maximum Gasteiger partial charge on any atom is 0.168 e. The molecule has 1 aromatic carbocycles. The van der Waals surface area contributed by atoms with E-state index >= 15 is 0 Å². The zero-order chi connectivity index (χ0) is 10.6. The summed E-state index contributed by atoms with van der Waals surface area (Å²) in [6.07, 6.45) is 0. The normalized spacial score (nSPS) is 9.86. The molecule has 0 N–H and O–H groups in total. The van der Waals surface area contributed by atoms with Crippen molar-refractivity contribution in [2.45, 2.75) is 11.8 Å². The molecule has 0 aliphatic carbocycles. The summed E-state index contributed by atoms with van der Waals surface area (Å²) in [4.78, 5) is 12.2. The minimum Gasteiger partial charge on any atom is -0.294 e. The summed E-state index contributed by atoms with van der Waals surface area (Å²) >= 11 is 7.37. The third kappa shape index (κ3) is 3.20. The summed E-state index contributed by atoms with van der Waals surface area (Å²) in [5.41, 5.74) is 0.588. The van der Waals surface area contributed by atoms with Gasteiger partial charge < -0.3 is 0 Å². The second-order valence-corrected chi connectivity index (χ2v) is 4.35. The highest BCUT2D eigenvalue weighted by atomic mass is 35.5. The van der Waals surface area contributed by atoms with Crippen LogP contribution >= 0.6 is 23.4 Å². The van der Waals surface area contributed by atoms with E-state index in [4.69, 9.17) is 11.6 Å². The van der Waals surface area contributed by atoms with Gasteiger partial charge in [-0.25, -0.2) is 0 Å². The van der Waals surface area contributed by atoms with Crippen LogP contribution in [0.25, 0.3) is 0 Å². The van der Waals surface area contributed by atoms with Crippen LogP contribution < -0.4 is 0 Å². The van der Waals surface area contributed by atoms with E-state index in [-0.39, 0.29) is 5.78 Å². The minimum atomic E-state index is 0.0647. The molecule has 0 saturated carbocycles. The number of hydrogen-bond donors (Lipinski definition) is 0. The average Bonchev–Trinajstić information content (AvgIpc) is 2.16. The molecule has 0 aromatic heterocycles. The lowest BCUT2D eigenvalue weighted by Gasteiger charge is -2.02. The fourth-order valence-electron chi connectivity index (χ4n) is 0.828. The third-order valence-electron chi connectivity index (χ3n) is 1.67. The van der Waals surface area contributed by atoms with Crippen molar-refractivity contribution in [3.8, 4) is 0 Å². The Hall–Kier alpha value is -0.730. The van der Waals surface area contributed by atoms with Gasteiger partial charge in [0.1, 0.15) is 0 Å². The van der Waals surface area contributed by atoms with Crippen LogP contribution in [0, 0.1) is 0 Å². The topological polar surface area (TPSA) is 17.1 Å². The highest BCUT2D eigenvalue weighted by Crippen LogP contribution is 2.26. The Morgan fingerprint density at radius 1 is 1.50 bits per heavy atom. The van der Waals surface area contributed by atoms with Crippen LogP contribution in [0.15, 0.2) is 41.3 Å². The Morgan fingerprint density at radius 3 is 2.71 bits per heavy atom. The quantitative estimate of drug-likeness (QED) is 0.577. The first-order chi connectivity index (χ1) is 6.61. The number of halogens is 1. The van der Waals surface area contributed by atoms with Crippen LogP contribution in [0.1, 0.15) is 6.92 Å². The summed E-state index contributed by atoms with van der Waals surface area (Å²) in [6.45, 7) is 5.31. The summed E-state index contributed by atoms with van der Waals surface area (Å²) in [5.74, 6) is 0.467. The molecule has 0 radical (unpaired) electrons.